The largest absolute Gasteiger partial charge is 0.349 e. The van der Waals surface area contributed by atoms with Crippen LogP contribution < -0.4 is 16.0 Å². The van der Waals surface area contributed by atoms with E-state index in [2.05, 4.69) is 49.9 Å². The van der Waals surface area contributed by atoms with E-state index in [1.807, 2.05) is 18.2 Å². The highest BCUT2D eigenvalue weighted by molar-refractivity contribution is 9.11. The first kappa shape index (κ1) is 25.1. The van der Waals surface area contributed by atoms with E-state index in [0.29, 0.717) is 16.1 Å². The Balaban J connectivity index is 1.47. The normalized spacial score (nSPS) is 14.3. The summed E-state index contributed by atoms with van der Waals surface area (Å²) in [5.74, 6) is -1.08. The first-order chi connectivity index (χ1) is 16.9. The molecule has 0 saturated carbocycles. The van der Waals surface area contributed by atoms with E-state index < -0.39 is 11.9 Å². The summed E-state index contributed by atoms with van der Waals surface area (Å²) < 4.78 is 0.816. The van der Waals surface area contributed by atoms with Gasteiger partial charge in [0.15, 0.2) is 0 Å². The molecular weight excluding hydrogens is 528 g/mol. The number of hydrogen-bond acceptors (Lipinski definition) is 5. The molecule has 182 valence electrons. The minimum absolute atomic E-state index is 0.0480. The molecule has 2 heterocycles. The fraction of sp³-hybridized carbons (Fsp3) is 0.269. The van der Waals surface area contributed by atoms with E-state index in [9.17, 15) is 14.4 Å². The van der Waals surface area contributed by atoms with Gasteiger partial charge in [-0.3, -0.25) is 14.4 Å². The molecule has 1 atom stereocenters. The molecule has 7 nitrogen and oxygen atoms in total. The number of fused-ring (bicyclic) bond motifs is 1. The molecule has 1 aliphatic heterocycles. The van der Waals surface area contributed by atoms with Crippen LogP contribution in [0.15, 0.2) is 64.5 Å². The van der Waals surface area contributed by atoms with E-state index in [-0.39, 0.29) is 18.4 Å². The van der Waals surface area contributed by atoms with Crippen molar-refractivity contribution in [1.29, 1.82) is 0 Å². The maximum Gasteiger partial charge on any atom is 0.262 e. The number of hydrogen-bond donors (Lipinski definition) is 3. The number of rotatable bonds is 7. The lowest BCUT2D eigenvalue weighted by atomic mass is 10.0. The van der Waals surface area contributed by atoms with Crippen LogP contribution in [-0.4, -0.2) is 55.3 Å². The van der Waals surface area contributed by atoms with Crippen molar-refractivity contribution in [2.75, 3.05) is 32.0 Å². The van der Waals surface area contributed by atoms with Gasteiger partial charge in [0, 0.05) is 30.9 Å². The Bertz CT molecular complexity index is 1210. The van der Waals surface area contributed by atoms with E-state index >= 15 is 0 Å². The van der Waals surface area contributed by atoms with Crippen LogP contribution in [0.1, 0.15) is 31.2 Å². The van der Waals surface area contributed by atoms with Crippen molar-refractivity contribution in [2.45, 2.75) is 18.9 Å². The smallest absolute Gasteiger partial charge is 0.262 e. The second kappa shape index (κ2) is 11.6. The lowest BCUT2D eigenvalue weighted by Crippen LogP contribution is -2.50. The highest BCUT2D eigenvalue weighted by atomic mass is 79.9. The average molecular weight is 555 g/mol. The molecule has 0 aliphatic carbocycles. The topological polar surface area (TPSA) is 90.5 Å². The Hall–Kier alpha value is -3.01. The third-order valence-electron chi connectivity index (χ3n) is 5.92. The Morgan fingerprint density at radius 3 is 2.43 bits per heavy atom. The second-order valence-corrected chi connectivity index (χ2v) is 10.9. The zero-order valence-electron chi connectivity index (χ0n) is 19.3. The van der Waals surface area contributed by atoms with Crippen molar-refractivity contribution in [1.82, 2.24) is 15.5 Å². The fourth-order valence-corrected chi connectivity index (χ4v) is 5.19. The SMILES string of the molecule is CN1CCc2ccc(NC(=O)[C@@H](CNC(=O)c3ccccc3)NC(=O)c3ccc(Br)s3)cc2CC1. The number of halogens is 1. The third-order valence-corrected chi connectivity index (χ3v) is 7.54. The lowest BCUT2D eigenvalue weighted by molar-refractivity contribution is -0.117. The summed E-state index contributed by atoms with van der Waals surface area (Å²) in [5.41, 5.74) is 3.66. The number of likely N-dealkylation sites (N-methyl/N-ethyl adjacent to an activating group) is 1. The van der Waals surface area contributed by atoms with Gasteiger partial charge in [-0.2, -0.15) is 0 Å². The van der Waals surface area contributed by atoms with Crippen LogP contribution in [0.3, 0.4) is 0 Å². The van der Waals surface area contributed by atoms with Crippen LogP contribution in [0.4, 0.5) is 5.69 Å². The van der Waals surface area contributed by atoms with Gasteiger partial charge in [0.25, 0.3) is 11.8 Å². The lowest BCUT2D eigenvalue weighted by Gasteiger charge is -2.19. The summed E-state index contributed by atoms with van der Waals surface area (Å²) in [6.07, 6.45) is 1.89. The summed E-state index contributed by atoms with van der Waals surface area (Å²) in [6, 6.07) is 17.2. The molecule has 0 fully saturated rings. The molecule has 3 N–H and O–H groups in total. The van der Waals surface area contributed by atoms with E-state index in [0.717, 1.165) is 29.7 Å². The summed E-state index contributed by atoms with van der Waals surface area (Å²) in [5, 5.41) is 8.46. The van der Waals surface area contributed by atoms with Crippen molar-refractivity contribution in [2.24, 2.45) is 0 Å². The number of thiophene rings is 1. The first-order valence-electron chi connectivity index (χ1n) is 11.4. The van der Waals surface area contributed by atoms with Crippen LogP contribution in [0.25, 0.3) is 0 Å². The van der Waals surface area contributed by atoms with Crippen molar-refractivity contribution in [3.8, 4) is 0 Å². The molecule has 9 heteroatoms. The number of nitrogens with one attached hydrogen (secondary N) is 3. The number of amides is 3. The van der Waals surface area contributed by atoms with E-state index in [4.69, 9.17) is 0 Å². The van der Waals surface area contributed by atoms with Crippen LogP contribution in [0, 0.1) is 0 Å². The molecule has 4 rings (SSSR count). The average Bonchev–Trinajstić information content (AvgIpc) is 3.22. The van der Waals surface area contributed by atoms with Gasteiger partial charge in [0.2, 0.25) is 5.91 Å². The predicted molar refractivity (Wildman–Crippen MR) is 142 cm³/mol. The van der Waals surface area contributed by atoms with Gasteiger partial charge < -0.3 is 20.9 Å². The zero-order valence-corrected chi connectivity index (χ0v) is 21.7. The molecule has 1 aliphatic rings. The summed E-state index contributed by atoms with van der Waals surface area (Å²) >= 11 is 4.63. The zero-order chi connectivity index (χ0) is 24.8. The molecular formula is C26H27BrN4O3S. The maximum atomic E-state index is 13.2. The standard InChI is InChI=1S/C26H27BrN4O3S/c1-31-13-11-17-7-8-20(15-19(17)12-14-31)29-25(33)21(30-26(34)22-9-10-23(27)35-22)16-28-24(32)18-5-3-2-4-6-18/h2-10,15,21H,11-14,16H2,1H3,(H,28,32)(H,29,33)(H,30,34)/t21-/m1/s1. The highest BCUT2D eigenvalue weighted by Gasteiger charge is 2.24. The molecule has 0 radical (unpaired) electrons. The van der Waals surface area contributed by atoms with Crippen molar-refractivity contribution in [3.63, 3.8) is 0 Å². The second-order valence-electron chi connectivity index (χ2n) is 8.48. The Labute approximate surface area is 217 Å². The van der Waals surface area contributed by atoms with E-state index in [1.165, 1.54) is 22.5 Å². The van der Waals surface area contributed by atoms with Crippen LogP contribution in [-0.2, 0) is 17.6 Å². The monoisotopic (exact) mass is 554 g/mol. The quantitative estimate of drug-likeness (QED) is 0.415. The minimum atomic E-state index is -0.957. The minimum Gasteiger partial charge on any atom is -0.349 e. The molecule has 0 spiro atoms. The molecule has 3 aromatic rings. The number of anilines is 1. The van der Waals surface area contributed by atoms with Gasteiger partial charge in [0.05, 0.1) is 8.66 Å². The fourth-order valence-electron chi connectivity index (χ4n) is 3.91. The Morgan fingerprint density at radius 1 is 0.971 bits per heavy atom. The molecule has 35 heavy (non-hydrogen) atoms. The molecule has 0 bridgehead atoms. The predicted octanol–water partition coefficient (Wildman–Crippen LogP) is 3.71. The van der Waals surface area contributed by atoms with Crippen molar-refractivity contribution < 1.29 is 14.4 Å². The highest BCUT2D eigenvalue weighted by Crippen LogP contribution is 2.22. The van der Waals surface area contributed by atoms with Gasteiger partial charge in [-0.15, -0.1) is 11.3 Å². The third kappa shape index (κ3) is 6.78. The Morgan fingerprint density at radius 2 is 1.71 bits per heavy atom. The summed E-state index contributed by atoms with van der Waals surface area (Å²) in [6.45, 7) is 1.92. The molecule has 0 unspecified atom stereocenters. The van der Waals surface area contributed by atoms with Crippen LogP contribution in [0.2, 0.25) is 0 Å². The number of carbonyl (C=O) groups excluding carboxylic acids is 3. The van der Waals surface area contributed by atoms with Gasteiger partial charge in [-0.25, -0.2) is 0 Å². The van der Waals surface area contributed by atoms with Crippen LogP contribution in [0.5, 0.6) is 0 Å². The van der Waals surface area contributed by atoms with Gasteiger partial charge >= 0.3 is 0 Å². The Kier molecular flexibility index (Phi) is 8.33. The maximum absolute atomic E-state index is 13.2. The van der Waals surface area contributed by atoms with Gasteiger partial charge in [0.1, 0.15) is 6.04 Å². The number of benzene rings is 2. The van der Waals surface area contributed by atoms with Crippen molar-refractivity contribution >= 4 is 50.7 Å². The van der Waals surface area contributed by atoms with Crippen LogP contribution >= 0.6 is 27.3 Å². The molecule has 0 saturated heterocycles. The van der Waals surface area contributed by atoms with E-state index in [1.54, 1.807) is 36.4 Å². The number of nitrogens with zero attached hydrogens (tertiary/aromatic N) is 1. The summed E-state index contributed by atoms with van der Waals surface area (Å²) in [7, 11) is 2.11. The van der Waals surface area contributed by atoms with Gasteiger partial charge in [-0.05, 0) is 83.3 Å². The van der Waals surface area contributed by atoms with Gasteiger partial charge in [-0.1, -0.05) is 24.3 Å². The van der Waals surface area contributed by atoms with Crippen molar-refractivity contribution in [3.05, 3.63) is 86.0 Å². The molecule has 1 aromatic heterocycles. The summed E-state index contributed by atoms with van der Waals surface area (Å²) in [4.78, 5) is 41.3. The number of carbonyl (C=O) groups is 3. The molecule has 3 amide bonds. The first-order valence-corrected chi connectivity index (χ1v) is 13.0. The molecule has 2 aromatic carbocycles.